The van der Waals surface area contributed by atoms with Gasteiger partial charge in [0.15, 0.2) is 0 Å². The summed E-state index contributed by atoms with van der Waals surface area (Å²) >= 11 is 0. The first-order valence-electron chi connectivity index (χ1n) is 10.4. The van der Waals surface area contributed by atoms with Crippen molar-refractivity contribution in [2.24, 2.45) is 5.41 Å². The van der Waals surface area contributed by atoms with Crippen LogP contribution in [0.25, 0.3) is 0 Å². The molecular formula is C22H32FN3O2. The molecule has 154 valence electrons. The number of nitrogens with one attached hydrogen (secondary N) is 2. The van der Waals surface area contributed by atoms with Crippen LogP contribution in [0.2, 0.25) is 0 Å². The van der Waals surface area contributed by atoms with E-state index in [0.717, 1.165) is 31.2 Å². The molecule has 6 heteroatoms. The van der Waals surface area contributed by atoms with Crippen molar-refractivity contribution in [2.75, 3.05) is 6.67 Å². The number of amides is 3. The highest BCUT2D eigenvalue weighted by molar-refractivity contribution is 6.07. The molecule has 1 atom stereocenters. The number of urea groups is 1. The second-order valence-corrected chi connectivity index (χ2v) is 9.23. The van der Waals surface area contributed by atoms with Crippen LogP contribution in [0, 0.1) is 11.2 Å². The quantitative estimate of drug-likeness (QED) is 0.746. The highest BCUT2D eigenvalue weighted by Gasteiger charge is 2.50. The summed E-state index contributed by atoms with van der Waals surface area (Å²) in [5, 5.41) is 6.36. The Bertz CT molecular complexity index is 703. The van der Waals surface area contributed by atoms with E-state index >= 15 is 0 Å². The zero-order valence-corrected chi connectivity index (χ0v) is 17.2. The van der Waals surface area contributed by atoms with Gasteiger partial charge in [-0.3, -0.25) is 10.1 Å². The number of rotatable bonds is 4. The molecule has 3 rings (SSSR count). The SMILES string of the molecule is CC(C)(C)C(NCN1C(=O)NC2(CCCCCCC2)C1=O)c1ccc(F)cc1. The van der Waals surface area contributed by atoms with Gasteiger partial charge in [0.25, 0.3) is 5.91 Å². The molecule has 1 aromatic rings. The van der Waals surface area contributed by atoms with Gasteiger partial charge in [-0.25, -0.2) is 14.1 Å². The smallest absolute Gasteiger partial charge is 0.323 e. The maximum Gasteiger partial charge on any atom is 0.326 e. The number of halogens is 1. The van der Waals surface area contributed by atoms with Crippen LogP contribution in [0.1, 0.15) is 77.3 Å². The van der Waals surface area contributed by atoms with Crippen LogP contribution in [0.3, 0.4) is 0 Å². The van der Waals surface area contributed by atoms with Gasteiger partial charge in [0.05, 0.1) is 6.67 Å². The minimum atomic E-state index is -0.730. The van der Waals surface area contributed by atoms with E-state index in [1.807, 2.05) is 0 Å². The topological polar surface area (TPSA) is 61.4 Å². The standard InChI is InChI=1S/C22H32FN3O2/c1-21(2,3)18(16-9-11-17(23)12-10-16)24-15-26-19(27)22(25-20(26)28)13-7-5-4-6-8-14-22/h9-12,18,24H,4-8,13-15H2,1-3H3,(H,25,28). The number of benzene rings is 1. The molecule has 1 heterocycles. The number of carbonyl (C=O) groups excluding carboxylic acids is 2. The van der Waals surface area contributed by atoms with Crippen molar-refractivity contribution in [3.8, 4) is 0 Å². The van der Waals surface area contributed by atoms with E-state index in [4.69, 9.17) is 0 Å². The Labute approximate surface area is 167 Å². The van der Waals surface area contributed by atoms with Gasteiger partial charge in [-0.1, -0.05) is 65.0 Å². The van der Waals surface area contributed by atoms with E-state index in [-0.39, 0.29) is 35.9 Å². The highest BCUT2D eigenvalue weighted by atomic mass is 19.1. The predicted molar refractivity (Wildman–Crippen MR) is 107 cm³/mol. The summed E-state index contributed by atoms with van der Waals surface area (Å²) in [6.07, 6.45) is 6.79. The number of carbonyl (C=O) groups is 2. The van der Waals surface area contributed by atoms with Crippen LogP contribution < -0.4 is 10.6 Å². The average molecular weight is 390 g/mol. The average Bonchev–Trinajstić information content (AvgIpc) is 2.83. The van der Waals surface area contributed by atoms with Crippen LogP contribution in [-0.2, 0) is 4.79 Å². The molecule has 2 fully saturated rings. The van der Waals surface area contributed by atoms with Crippen molar-refractivity contribution in [1.82, 2.24) is 15.5 Å². The Kier molecular flexibility index (Phi) is 6.08. The summed E-state index contributed by atoms with van der Waals surface area (Å²) in [6, 6.07) is 5.94. The first-order chi connectivity index (χ1) is 13.2. The van der Waals surface area contributed by atoms with Gasteiger partial charge in [-0.05, 0) is 36.0 Å². The largest absolute Gasteiger partial charge is 0.326 e. The van der Waals surface area contributed by atoms with Crippen molar-refractivity contribution >= 4 is 11.9 Å². The van der Waals surface area contributed by atoms with Gasteiger partial charge >= 0.3 is 6.03 Å². The Morgan fingerprint density at radius 1 is 1.07 bits per heavy atom. The molecular weight excluding hydrogens is 357 g/mol. The molecule has 1 saturated heterocycles. The number of nitrogens with zero attached hydrogens (tertiary/aromatic N) is 1. The summed E-state index contributed by atoms with van der Waals surface area (Å²) in [6.45, 7) is 6.38. The molecule has 0 radical (unpaired) electrons. The molecule has 3 amide bonds. The lowest BCUT2D eigenvalue weighted by Gasteiger charge is -2.33. The van der Waals surface area contributed by atoms with Crippen LogP contribution >= 0.6 is 0 Å². The Morgan fingerprint density at radius 3 is 2.21 bits per heavy atom. The van der Waals surface area contributed by atoms with E-state index in [2.05, 4.69) is 31.4 Å². The second kappa shape index (κ2) is 8.19. The Balaban J connectivity index is 1.73. The third-order valence-corrected chi connectivity index (χ3v) is 5.98. The monoisotopic (exact) mass is 389 g/mol. The van der Waals surface area contributed by atoms with Crippen molar-refractivity contribution in [1.29, 1.82) is 0 Å². The molecule has 0 bridgehead atoms. The highest BCUT2D eigenvalue weighted by Crippen LogP contribution is 2.34. The van der Waals surface area contributed by atoms with E-state index in [9.17, 15) is 14.0 Å². The fourth-order valence-electron chi connectivity index (χ4n) is 4.43. The molecule has 1 unspecified atom stereocenters. The van der Waals surface area contributed by atoms with E-state index in [1.165, 1.54) is 23.5 Å². The fourth-order valence-corrected chi connectivity index (χ4v) is 4.43. The summed E-state index contributed by atoms with van der Waals surface area (Å²) in [5.74, 6) is -0.393. The van der Waals surface area contributed by atoms with Gasteiger partial charge < -0.3 is 5.32 Å². The van der Waals surface area contributed by atoms with E-state index < -0.39 is 5.54 Å². The summed E-state index contributed by atoms with van der Waals surface area (Å²) in [4.78, 5) is 27.1. The first kappa shape index (κ1) is 20.8. The first-order valence-corrected chi connectivity index (χ1v) is 10.4. The normalized spacial score (nSPS) is 21.4. The van der Waals surface area contributed by atoms with Crippen molar-refractivity contribution < 1.29 is 14.0 Å². The molecule has 2 aliphatic rings. The maximum atomic E-state index is 13.3. The Hall–Kier alpha value is -1.95. The minimum Gasteiger partial charge on any atom is -0.323 e. The second-order valence-electron chi connectivity index (χ2n) is 9.23. The molecule has 1 spiro atoms. The maximum absolute atomic E-state index is 13.3. The van der Waals surface area contributed by atoms with Crippen molar-refractivity contribution in [3.63, 3.8) is 0 Å². The number of hydrogen-bond donors (Lipinski definition) is 2. The zero-order chi connectivity index (χ0) is 20.4. The molecule has 2 N–H and O–H groups in total. The molecule has 1 aliphatic heterocycles. The molecule has 0 aromatic heterocycles. The predicted octanol–water partition coefficient (Wildman–Crippen LogP) is 4.49. The third kappa shape index (κ3) is 4.37. The number of hydrogen-bond acceptors (Lipinski definition) is 3. The van der Waals surface area contributed by atoms with Crippen molar-refractivity contribution in [3.05, 3.63) is 35.6 Å². The molecule has 1 saturated carbocycles. The van der Waals surface area contributed by atoms with Crippen LogP contribution in [0.4, 0.5) is 9.18 Å². The molecule has 1 aliphatic carbocycles. The minimum absolute atomic E-state index is 0.112. The fraction of sp³-hybridized carbons (Fsp3) is 0.636. The third-order valence-electron chi connectivity index (χ3n) is 5.98. The summed E-state index contributed by atoms with van der Waals surface area (Å²) < 4.78 is 13.3. The molecule has 5 nitrogen and oxygen atoms in total. The van der Waals surface area contributed by atoms with Gasteiger partial charge in [0.1, 0.15) is 11.4 Å². The van der Waals surface area contributed by atoms with Gasteiger partial charge in [-0.15, -0.1) is 0 Å². The van der Waals surface area contributed by atoms with E-state index in [1.54, 1.807) is 12.1 Å². The lowest BCUT2D eigenvalue weighted by atomic mass is 9.82. The van der Waals surface area contributed by atoms with Crippen LogP contribution in [0.5, 0.6) is 0 Å². The van der Waals surface area contributed by atoms with E-state index in [0.29, 0.717) is 12.8 Å². The Morgan fingerprint density at radius 2 is 1.64 bits per heavy atom. The summed E-state index contributed by atoms with van der Waals surface area (Å²) in [5.41, 5.74) is 0.0306. The van der Waals surface area contributed by atoms with Crippen LogP contribution in [0.15, 0.2) is 24.3 Å². The summed E-state index contributed by atoms with van der Waals surface area (Å²) in [7, 11) is 0. The van der Waals surface area contributed by atoms with Crippen LogP contribution in [-0.4, -0.2) is 29.0 Å². The van der Waals surface area contributed by atoms with Gasteiger partial charge in [0, 0.05) is 6.04 Å². The lowest BCUT2D eigenvalue weighted by molar-refractivity contribution is -0.132. The van der Waals surface area contributed by atoms with Crippen molar-refractivity contribution in [2.45, 2.75) is 77.3 Å². The van der Waals surface area contributed by atoms with Gasteiger partial charge in [0.2, 0.25) is 0 Å². The molecule has 1 aromatic carbocycles. The number of imide groups is 1. The van der Waals surface area contributed by atoms with Gasteiger partial charge in [-0.2, -0.15) is 0 Å². The zero-order valence-electron chi connectivity index (χ0n) is 17.2. The molecule has 28 heavy (non-hydrogen) atoms. The lowest BCUT2D eigenvalue weighted by Crippen LogP contribution is -2.48.